The van der Waals surface area contributed by atoms with Gasteiger partial charge in [-0.2, -0.15) is 20.5 Å². The summed E-state index contributed by atoms with van der Waals surface area (Å²) < 4.78 is 41.6. The average molecular weight is 294 g/mol. The minimum atomic E-state index is -3.08. The zero-order valence-corrected chi connectivity index (χ0v) is 11.8. The number of alkyl halides is 2. The first-order valence-corrected chi connectivity index (χ1v) is 6.80. The van der Waals surface area contributed by atoms with Crippen LogP contribution in [0, 0.1) is 5.82 Å². The molecule has 0 saturated heterocycles. The van der Waals surface area contributed by atoms with Crippen molar-refractivity contribution in [2.75, 3.05) is 23.9 Å². The fourth-order valence-electron chi connectivity index (χ4n) is 1.29. The van der Waals surface area contributed by atoms with Gasteiger partial charge < -0.3 is 15.8 Å². The van der Waals surface area contributed by atoms with Crippen molar-refractivity contribution in [1.29, 1.82) is 0 Å². The third kappa shape index (κ3) is 4.74. The van der Waals surface area contributed by atoms with Crippen LogP contribution in [0.1, 0.15) is 13.8 Å². The Morgan fingerprint density at radius 3 is 2.58 bits per heavy atom. The molecule has 3 nitrogen and oxygen atoms in total. The Labute approximate surface area is 114 Å². The zero-order chi connectivity index (χ0) is 14.6. The molecule has 1 rings (SSSR count). The number of ether oxygens (including phenoxy) is 1. The van der Waals surface area contributed by atoms with Gasteiger partial charge in [-0.15, -0.1) is 0 Å². The molecule has 108 valence electrons. The number of anilines is 2. The van der Waals surface area contributed by atoms with E-state index < -0.39 is 18.2 Å². The summed E-state index contributed by atoms with van der Waals surface area (Å²) in [7, 11) is 0. The Hall–Kier alpha value is -1.24. The van der Waals surface area contributed by atoms with E-state index in [1.807, 2.05) is 20.1 Å². The van der Waals surface area contributed by atoms with Crippen molar-refractivity contribution in [2.45, 2.75) is 25.2 Å². The fraction of sp³-hybridized carbons (Fsp3) is 0.500. The van der Waals surface area contributed by atoms with E-state index >= 15 is 0 Å². The van der Waals surface area contributed by atoms with Crippen LogP contribution in [0.15, 0.2) is 12.1 Å². The third-order valence-electron chi connectivity index (χ3n) is 2.58. The van der Waals surface area contributed by atoms with Crippen LogP contribution in [0.2, 0.25) is 0 Å². The van der Waals surface area contributed by atoms with Gasteiger partial charge in [0.15, 0.2) is 11.6 Å². The van der Waals surface area contributed by atoms with Crippen LogP contribution < -0.4 is 15.8 Å². The van der Waals surface area contributed by atoms with Crippen LogP contribution >= 0.6 is 11.8 Å². The summed E-state index contributed by atoms with van der Waals surface area (Å²) in [6, 6.07) is 2.11. The Kier molecular flexibility index (Phi) is 5.22. The lowest BCUT2D eigenvalue weighted by molar-refractivity contribution is -0.0521. The van der Waals surface area contributed by atoms with Gasteiger partial charge in [0.25, 0.3) is 0 Å². The molecule has 0 aromatic heterocycles. The van der Waals surface area contributed by atoms with Gasteiger partial charge in [-0.3, -0.25) is 0 Å². The first kappa shape index (κ1) is 15.8. The molecule has 3 N–H and O–H groups in total. The van der Waals surface area contributed by atoms with E-state index in [0.717, 1.165) is 12.1 Å². The second kappa shape index (κ2) is 6.27. The zero-order valence-electron chi connectivity index (χ0n) is 11.0. The van der Waals surface area contributed by atoms with E-state index in [0.29, 0.717) is 12.2 Å². The molecule has 0 saturated carbocycles. The van der Waals surface area contributed by atoms with Crippen molar-refractivity contribution in [3.63, 3.8) is 0 Å². The minimum absolute atomic E-state index is 0.0649. The SMILES string of the molecule is CSC(C)(C)CNc1cc(OC(F)F)c(F)cc1N. The molecular formula is C12H17F3N2OS. The molecule has 1 aromatic rings. The van der Waals surface area contributed by atoms with Gasteiger partial charge in [-0.25, -0.2) is 4.39 Å². The third-order valence-corrected chi connectivity index (χ3v) is 3.83. The number of benzene rings is 1. The number of nitrogen functional groups attached to an aromatic ring is 1. The Bertz CT molecular complexity index is 441. The van der Waals surface area contributed by atoms with Gasteiger partial charge in [0.2, 0.25) is 0 Å². The van der Waals surface area contributed by atoms with Crippen molar-refractivity contribution < 1.29 is 17.9 Å². The number of thioether (sulfide) groups is 1. The molecule has 0 amide bonds. The van der Waals surface area contributed by atoms with Crippen molar-refractivity contribution in [2.24, 2.45) is 0 Å². The maximum atomic E-state index is 13.4. The van der Waals surface area contributed by atoms with E-state index in [2.05, 4.69) is 10.1 Å². The molecule has 0 spiro atoms. The summed E-state index contributed by atoms with van der Waals surface area (Å²) in [4.78, 5) is 0. The van der Waals surface area contributed by atoms with Gasteiger partial charge in [-0.05, 0) is 20.1 Å². The maximum Gasteiger partial charge on any atom is 0.387 e. The number of rotatable bonds is 6. The highest BCUT2D eigenvalue weighted by Gasteiger charge is 2.18. The van der Waals surface area contributed by atoms with Crippen LogP contribution in [0.25, 0.3) is 0 Å². The van der Waals surface area contributed by atoms with Crippen LogP contribution in [-0.4, -0.2) is 24.2 Å². The lowest BCUT2D eigenvalue weighted by Gasteiger charge is -2.23. The van der Waals surface area contributed by atoms with Crippen molar-refractivity contribution in [3.05, 3.63) is 17.9 Å². The minimum Gasteiger partial charge on any atom is -0.432 e. The molecule has 0 heterocycles. The summed E-state index contributed by atoms with van der Waals surface area (Å²) in [5.41, 5.74) is 6.16. The van der Waals surface area contributed by atoms with Gasteiger partial charge in [0, 0.05) is 23.4 Å². The molecule has 7 heteroatoms. The van der Waals surface area contributed by atoms with E-state index in [4.69, 9.17) is 5.73 Å². The lowest BCUT2D eigenvalue weighted by atomic mass is 10.2. The molecule has 0 atom stereocenters. The van der Waals surface area contributed by atoms with E-state index in [1.54, 1.807) is 11.8 Å². The average Bonchev–Trinajstić information content (AvgIpc) is 2.30. The Balaban J connectivity index is 2.89. The lowest BCUT2D eigenvalue weighted by Crippen LogP contribution is -2.26. The molecule has 0 bridgehead atoms. The summed E-state index contributed by atoms with van der Waals surface area (Å²) in [6.07, 6.45) is 1.96. The van der Waals surface area contributed by atoms with Crippen LogP contribution in [0.3, 0.4) is 0 Å². The van der Waals surface area contributed by atoms with E-state index in [-0.39, 0.29) is 10.4 Å². The molecule has 0 radical (unpaired) electrons. The standard InChI is InChI=1S/C12H17F3N2OS/c1-12(2,19-3)6-17-9-5-10(18-11(14)15)7(13)4-8(9)16/h4-5,11,17H,6,16H2,1-3H3. The van der Waals surface area contributed by atoms with Crippen molar-refractivity contribution in [3.8, 4) is 5.75 Å². The van der Waals surface area contributed by atoms with Gasteiger partial charge in [-0.1, -0.05) is 0 Å². The van der Waals surface area contributed by atoms with Crippen LogP contribution in [0.4, 0.5) is 24.5 Å². The number of nitrogens with two attached hydrogens (primary N) is 1. The van der Waals surface area contributed by atoms with Crippen LogP contribution in [-0.2, 0) is 0 Å². The second-order valence-electron chi connectivity index (χ2n) is 4.57. The van der Waals surface area contributed by atoms with Crippen molar-refractivity contribution >= 4 is 23.1 Å². The normalized spacial score (nSPS) is 11.7. The number of hydrogen-bond acceptors (Lipinski definition) is 4. The summed E-state index contributed by atoms with van der Waals surface area (Å²) in [5.74, 6) is -1.43. The highest BCUT2D eigenvalue weighted by Crippen LogP contribution is 2.30. The van der Waals surface area contributed by atoms with Gasteiger partial charge in [0.05, 0.1) is 11.4 Å². The topological polar surface area (TPSA) is 47.3 Å². The molecule has 0 unspecified atom stereocenters. The monoisotopic (exact) mass is 294 g/mol. The Morgan fingerprint density at radius 2 is 2.05 bits per heavy atom. The molecule has 19 heavy (non-hydrogen) atoms. The van der Waals surface area contributed by atoms with Crippen LogP contribution in [0.5, 0.6) is 5.75 Å². The largest absolute Gasteiger partial charge is 0.432 e. The quantitative estimate of drug-likeness (QED) is 0.788. The first-order chi connectivity index (χ1) is 8.75. The molecule has 0 aliphatic heterocycles. The van der Waals surface area contributed by atoms with Gasteiger partial charge in [0.1, 0.15) is 0 Å². The molecule has 0 aliphatic carbocycles. The molecular weight excluding hydrogens is 277 g/mol. The predicted octanol–water partition coefficient (Wildman–Crippen LogP) is 3.56. The highest BCUT2D eigenvalue weighted by molar-refractivity contribution is 7.99. The number of hydrogen-bond donors (Lipinski definition) is 2. The van der Waals surface area contributed by atoms with Crippen molar-refractivity contribution in [1.82, 2.24) is 0 Å². The molecule has 1 aromatic carbocycles. The molecule has 0 fully saturated rings. The maximum absolute atomic E-state index is 13.4. The van der Waals surface area contributed by atoms with E-state index in [9.17, 15) is 13.2 Å². The molecule has 0 aliphatic rings. The summed E-state index contributed by atoms with van der Waals surface area (Å²) in [5, 5.41) is 3.01. The highest BCUT2D eigenvalue weighted by atomic mass is 32.2. The Morgan fingerprint density at radius 1 is 1.42 bits per heavy atom. The fourth-order valence-corrected chi connectivity index (χ4v) is 1.50. The smallest absolute Gasteiger partial charge is 0.387 e. The van der Waals surface area contributed by atoms with Gasteiger partial charge >= 0.3 is 6.61 Å². The first-order valence-electron chi connectivity index (χ1n) is 5.58. The predicted molar refractivity (Wildman–Crippen MR) is 73.5 cm³/mol. The number of nitrogens with one attached hydrogen (secondary N) is 1. The number of halogens is 3. The van der Waals surface area contributed by atoms with E-state index in [1.165, 1.54) is 0 Å². The second-order valence-corrected chi connectivity index (χ2v) is 6.08. The summed E-state index contributed by atoms with van der Waals surface area (Å²) in [6.45, 7) is 1.51. The summed E-state index contributed by atoms with van der Waals surface area (Å²) >= 11 is 1.64.